The Morgan fingerprint density at radius 1 is 1.40 bits per heavy atom. The quantitative estimate of drug-likeness (QED) is 0.863. The highest BCUT2D eigenvalue weighted by atomic mass is 32.1. The molecule has 1 N–H and O–H groups in total. The Balaban J connectivity index is 2.07. The lowest BCUT2D eigenvalue weighted by atomic mass is 10.2. The number of anilines is 1. The summed E-state index contributed by atoms with van der Waals surface area (Å²) in [4.78, 5) is 8.52. The van der Waals surface area contributed by atoms with Gasteiger partial charge in [0, 0.05) is 17.7 Å². The van der Waals surface area contributed by atoms with E-state index in [1.165, 1.54) is 11.5 Å². The molecule has 0 aliphatic heterocycles. The van der Waals surface area contributed by atoms with Gasteiger partial charge in [0.05, 0.1) is 11.7 Å². The van der Waals surface area contributed by atoms with E-state index in [4.69, 9.17) is 0 Å². The smallest absolute Gasteiger partial charge is 0.203 e. The van der Waals surface area contributed by atoms with Crippen molar-refractivity contribution in [1.82, 2.24) is 14.3 Å². The SMILES string of the molecule is Cc1nsc(N[C@@H](C)c2ccccn2)n1. The van der Waals surface area contributed by atoms with E-state index in [0.717, 1.165) is 16.6 Å². The zero-order valence-electron chi connectivity index (χ0n) is 8.64. The van der Waals surface area contributed by atoms with Gasteiger partial charge in [-0.1, -0.05) is 6.07 Å². The number of pyridine rings is 1. The summed E-state index contributed by atoms with van der Waals surface area (Å²) in [7, 11) is 0. The maximum absolute atomic E-state index is 4.28. The number of aromatic nitrogens is 3. The highest BCUT2D eigenvalue weighted by Crippen LogP contribution is 2.18. The monoisotopic (exact) mass is 220 g/mol. The zero-order valence-corrected chi connectivity index (χ0v) is 9.45. The van der Waals surface area contributed by atoms with Crippen molar-refractivity contribution in [2.45, 2.75) is 19.9 Å². The van der Waals surface area contributed by atoms with Crippen LogP contribution in [0.4, 0.5) is 5.13 Å². The molecule has 2 aromatic rings. The van der Waals surface area contributed by atoms with Crippen LogP contribution in [0.1, 0.15) is 24.5 Å². The first-order valence-electron chi connectivity index (χ1n) is 4.73. The molecule has 0 unspecified atom stereocenters. The van der Waals surface area contributed by atoms with E-state index in [1.807, 2.05) is 25.1 Å². The van der Waals surface area contributed by atoms with Crippen LogP contribution in [-0.2, 0) is 0 Å². The summed E-state index contributed by atoms with van der Waals surface area (Å²) in [5.41, 5.74) is 1.00. The summed E-state index contributed by atoms with van der Waals surface area (Å²) in [6.07, 6.45) is 1.79. The predicted octanol–water partition coefficient (Wildman–Crippen LogP) is 2.41. The molecule has 4 nitrogen and oxygen atoms in total. The fraction of sp³-hybridized carbons (Fsp3) is 0.300. The summed E-state index contributed by atoms with van der Waals surface area (Å²) in [6, 6.07) is 6.03. The van der Waals surface area contributed by atoms with Crippen LogP contribution in [0.5, 0.6) is 0 Å². The summed E-state index contributed by atoms with van der Waals surface area (Å²) in [6.45, 7) is 3.94. The number of nitrogens with zero attached hydrogens (tertiary/aromatic N) is 3. The largest absolute Gasteiger partial charge is 0.352 e. The molecule has 0 aliphatic carbocycles. The second-order valence-corrected chi connectivity index (χ2v) is 4.02. The van der Waals surface area contributed by atoms with Crippen molar-refractivity contribution in [1.29, 1.82) is 0 Å². The van der Waals surface area contributed by atoms with Crippen molar-refractivity contribution >= 4 is 16.7 Å². The molecule has 2 aromatic heterocycles. The summed E-state index contributed by atoms with van der Waals surface area (Å²) in [5.74, 6) is 0.802. The van der Waals surface area contributed by atoms with Gasteiger partial charge >= 0.3 is 0 Å². The molecule has 0 fully saturated rings. The Labute approximate surface area is 92.6 Å². The van der Waals surface area contributed by atoms with Crippen molar-refractivity contribution < 1.29 is 0 Å². The molecule has 0 aromatic carbocycles. The van der Waals surface area contributed by atoms with E-state index in [9.17, 15) is 0 Å². The summed E-state index contributed by atoms with van der Waals surface area (Å²) in [5, 5.41) is 4.10. The Hall–Kier alpha value is -1.49. The Kier molecular flexibility index (Phi) is 2.91. The van der Waals surface area contributed by atoms with Crippen LogP contribution in [0.15, 0.2) is 24.4 Å². The lowest BCUT2D eigenvalue weighted by Crippen LogP contribution is -2.07. The van der Waals surface area contributed by atoms with Gasteiger partial charge in [0.25, 0.3) is 0 Å². The average molecular weight is 220 g/mol. The van der Waals surface area contributed by atoms with E-state index in [0.29, 0.717) is 0 Å². The van der Waals surface area contributed by atoms with Crippen molar-refractivity contribution in [2.75, 3.05) is 5.32 Å². The molecule has 0 bridgehead atoms. The number of rotatable bonds is 3. The van der Waals surface area contributed by atoms with Crippen LogP contribution in [0.25, 0.3) is 0 Å². The van der Waals surface area contributed by atoms with Gasteiger partial charge in [0.1, 0.15) is 5.82 Å². The zero-order chi connectivity index (χ0) is 10.7. The second kappa shape index (κ2) is 4.35. The summed E-state index contributed by atoms with van der Waals surface area (Å²) >= 11 is 1.37. The minimum absolute atomic E-state index is 0.151. The van der Waals surface area contributed by atoms with Crippen LogP contribution in [0, 0.1) is 6.92 Å². The molecule has 0 spiro atoms. The lowest BCUT2D eigenvalue weighted by molar-refractivity contribution is 0.836. The number of hydrogen-bond acceptors (Lipinski definition) is 5. The highest BCUT2D eigenvalue weighted by molar-refractivity contribution is 7.09. The minimum atomic E-state index is 0.151. The van der Waals surface area contributed by atoms with Gasteiger partial charge in [-0.05, 0) is 26.0 Å². The van der Waals surface area contributed by atoms with Gasteiger partial charge < -0.3 is 5.32 Å². The average Bonchev–Trinajstić information content (AvgIpc) is 2.65. The highest BCUT2D eigenvalue weighted by Gasteiger charge is 2.08. The maximum Gasteiger partial charge on any atom is 0.203 e. The molecule has 0 saturated heterocycles. The molecule has 0 radical (unpaired) electrons. The lowest BCUT2D eigenvalue weighted by Gasteiger charge is -2.10. The van der Waals surface area contributed by atoms with Gasteiger partial charge in [-0.25, -0.2) is 4.98 Å². The van der Waals surface area contributed by atoms with Gasteiger partial charge in [-0.3, -0.25) is 4.98 Å². The molecular formula is C10H12N4S. The van der Waals surface area contributed by atoms with Crippen LogP contribution < -0.4 is 5.32 Å². The van der Waals surface area contributed by atoms with Crippen LogP contribution in [0.2, 0.25) is 0 Å². The van der Waals surface area contributed by atoms with Crippen LogP contribution >= 0.6 is 11.5 Å². The van der Waals surface area contributed by atoms with E-state index >= 15 is 0 Å². The fourth-order valence-electron chi connectivity index (χ4n) is 1.25. The van der Waals surface area contributed by atoms with E-state index < -0.39 is 0 Å². The van der Waals surface area contributed by atoms with Gasteiger partial charge in [-0.15, -0.1) is 0 Å². The third kappa shape index (κ3) is 2.50. The Morgan fingerprint density at radius 3 is 2.87 bits per heavy atom. The molecule has 15 heavy (non-hydrogen) atoms. The third-order valence-electron chi connectivity index (χ3n) is 2.00. The molecule has 0 saturated carbocycles. The number of hydrogen-bond donors (Lipinski definition) is 1. The van der Waals surface area contributed by atoms with Crippen LogP contribution in [0.3, 0.4) is 0 Å². The first kappa shape index (κ1) is 10.0. The second-order valence-electron chi connectivity index (χ2n) is 3.27. The number of nitrogens with one attached hydrogen (secondary N) is 1. The van der Waals surface area contributed by atoms with Gasteiger partial charge in [0.15, 0.2) is 0 Å². The predicted molar refractivity (Wildman–Crippen MR) is 60.9 cm³/mol. The third-order valence-corrected chi connectivity index (χ3v) is 2.74. The topological polar surface area (TPSA) is 50.7 Å². The summed E-state index contributed by atoms with van der Waals surface area (Å²) < 4.78 is 4.11. The Morgan fingerprint density at radius 2 is 2.27 bits per heavy atom. The molecule has 2 heterocycles. The van der Waals surface area contributed by atoms with Crippen molar-refractivity contribution in [3.8, 4) is 0 Å². The fourth-order valence-corrected chi connectivity index (χ4v) is 1.91. The van der Waals surface area contributed by atoms with Gasteiger partial charge in [0.2, 0.25) is 5.13 Å². The van der Waals surface area contributed by atoms with Crippen molar-refractivity contribution in [3.05, 3.63) is 35.9 Å². The molecule has 0 aliphatic rings. The Bertz CT molecular complexity index is 426. The molecule has 2 rings (SSSR count). The number of aryl methyl sites for hydroxylation is 1. The maximum atomic E-state index is 4.28. The molecule has 1 atom stereocenters. The van der Waals surface area contributed by atoms with Crippen molar-refractivity contribution in [3.63, 3.8) is 0 Å². The molecular weight excluding hydrogens is 208 g/mol. The molecule has 5 heteroatoms. The van der Waals surface area contributed by atoms with Crippen LogP contribution in [-0.4, -0.2) is 14.3 Å². The first-order chi connectivity index (χ1) is 7.25. The van der Waals surface area contributed by atoms with E-state index in [1.54, 1.807) is 6.20 Å². The normalized spacial score (nSPS) is 12.4. The van der Waals surface area contributed by atoms with E-state index in [-0.39, 0.29) is 6.04 Å². The first-order valence-corrected chi connectivity index (χ1v) is 5.51. The molecule has 78 valence electrons. The molecule has 0 amide bonds. The van der Waals surface area contributed by atoms with Gasteiger partial charge in [-0.2, -0.15) is 4.37 Å². The minimum Gasteiger partial charge on any atom is -0.352 e. The standard InChI is InChI=1S/C10H12N4S/c1-7(9-5-3-4-6-11-9)12-10-13-8(2)14-15-10/h3-7H,1-2H3,(H,12,13,14)/t7-/m0/s1. The van der Waals surface area contributed by atoms with Crippen molar-refractivity contribution in [2.24, 2.45) is 0 Å². The van der Waals surface area contributed by atoms with E-state index in [2.05, 4.69) is 26.6 Å².